The SMILES string of the molecule is CCCCCCCOCCOCCOCCOCCOc1cc(-c2scnc2C)ccc1CNC(=O)[C@@H]1C[C@@H](O)CN1C(=O)[C@H](C(C)C)N1Cc2ccccc2C1=O.Cc1ncsc1-c1ccc(CNC(=O)[C@@H]2C[C@@H](O)CN2C(=O)[C@H](C(C)C)N2Cc3ccccc3C2=O)c(OCCOCCOCCOCCCCCCCl)c1. The number of likely N-dealkylation sites (tertiary alicyclic amines) is 2. The van der Waals surface area contributed by atoms with Crippen molar-refractivity contribution in [3.8, 4) is 32.4 Å². The van der Waals surface area contributed by atoms with Gasteiger partial charge in [0.2, 0.25) is 23.6 Å². The first-order valence-electron chi connectivity index (χ1n) is 40.1. The highest BCUT2D eigenvalue weighted by molar-refractivity contribution is 7.13. The van der Waals surface area contributed by atoms with Gasteiger partial charge in [-0.3, -0.25) is 28.8 Å². The van der Waals surface area contributed by atoms with Crippen molar-refractivity contribution in [1.82, 2.24) is 40.2 Å². The van der Waals surface area contributed by atoms with Crippen molar-refractivity contribution >= 4 is 69.7 Å². The van der Waals surface area contributed by atoms with Gasteiger partial charge in [-0.05, 0) is 91.5 Å². The zero-order valence-electron chi connectivity index (χ0n) is 66.8. The van der Waals surface area contributed by atoms with Crippen LogP contribution in [-0.2, 0) is 78.5 Å². The van der Waals surface area contributed by atoms with Gasteiger partial charge < -0.3 is 83.1 Å². The van der Waals surface area contributed by atoms with E-state index in [0.29, 0.717) is 121 Å². The number of rotatable bonds is 49. The first-order valence-corrected chi connectivity index (χ1v) is 42.4. The van der Waals surface area contributed by atoms with Gasteiger partial charge in [-0.2, -0.15) is 0 Å². The van der Waals surface area contributed by atoms with Crippen molar-refractivity contribution in [3.05, 3.63) is 141 Å². The summed E-state index contributed by atoms with van der Waals surface area (Å²) in [7, 11) is 0. The molecule has 618 valence electrons. The number of amides is 6. The van der Waals surface area contributed by atoms with Gasteiger partial charge in [-0.1, -0.05) is 134 Å². The predicted octanol–water partition coefficient (Wildman–Crippen LogP) is 11.4. The molecule has 0 radical (unpaired) electrons. The molecule has 4 aliphatic rings. The van der Waals surface area contributed by atoms with Gasteiger partial charge in [-0.15, -0.1) is 34.3 Å². The third-order valence-electron chi connectivity index (χ3n) is 20.3. The number of alkyl halides is 1. The summed E-state index contributed by atoms with van der Waals surface area (Å²) in [6.45, 7) is 22.3. The highest BCUT2D eigenvalue weighted by Crippen LogP contribution is 2.37. The number of thiazole rings is 2. The number of hydrogen-bond acceptors (Lipinski definition) is 21. The maximum atomic E-state index is 14.2. The van der Waals surface area contributed by atoms with Crippen LogP contribution >= 0.6 is 34.3 Å². The summed E-state index contributed by atoms with van der Waals surface area (Å²) >= 11 is 8.79. The summed E-state index contributed by atoms with van der Waals surface area (Å²) in [6.07, 6.45) is 8.95. The Hall–Kier alpha value is -7.51. The maximum Gasteiger partial charge on any atom is 0.255 e. The Morgan fingerprint density at radius 3 is 1.21 bits per heavy atom. The molecule has 6 amide bonds. The Morgan fingerprint density at radius 2 is 0.858 bits per heavy atom. The topological polar surface area (TPSA) is 289 Å². The van der Waals surface area contributed by atoms with E-state index >= 15 is 0 Å². The summed E-state index contributed by atoms with van der Waals surface area (Å²) < 4.78 is 52.0. The molecule has 113 heavy (non-hydrogen) atoms. The van der Waals surface area contributed by atoms with Crippen molar-refractivity contribution in [2.45, 2.75) is 182 Å². The Kier molecular flexibility index (Phi) is 37.6. The lowest BCUT2D eigenvalue weighted by atomic mass is 10.0. The predicted molar refractivity (Wildman–Crippen MR) is 435 cm³/mol. The van der Waals surface area contributed by atoms with E-state index in [4.69, 9.17) is 54.2 Å². The second kappa shape index (κ2) is 47.5. The Labute approximate surface area is 679 Å². The number of aliphatic hydroxyl groups is 2. The van der Waals surface area contributed by atoms with E-state index in [-0.39, 0.29) is 99.5 Å². The average molecular weight is 1620 g/mol. The van der Waals surface area contributed by atoms with Gasteiger partial charge in [0.15, 0.2) is 0 Å². The first-order chi connectivity index (χ1) is 54.9. The average Bonchev–Trinajstić information content (AvgIpc) is 1.63. The second-order valence-electron chi connectivity index (χ2n) is 29.5. The number of nitrogens with one attached hydrogen (secondary N) is 2. The van der Waals surface area contributed by atoms with Crippen molar-refractivity contribution in [3.63, 3.8) is 0 Å². The molecule has 4 N–H and O–H groups in total. The smallest absolute Gasteiger partial charge is 0.255 e. The molecule has 6 aromatic rings. The Bertz CT molecular complexity index is 3960. The van der Waals surface area contributed by atoms with Crippen LogP contribution in [0.2, 0.25) is 0 Å². The van der Waals surface area contributed by atoms with Crippen molar-refractivity contribution in [1.29, 1.82) is 0 Å². The third-order valence-corrected chi connectivity index (χ3v) is 22.5. The van der Waals surface area contributed by atoms with Crippen LogP contribution in [0.1, 0.15) is 160 Å². The number of aliphatic hydroxyl groups excluding tert-OH is 2. The van der Waals surface area contributed by atoms with Crippen LogP contribution in [0.4, 0.5) is 0 Å². The van der Waals surface area contributed by atoms with Gasteiger partial charge in [-0.25, -0.2) is 9.97 Å². The van der Waals surface area contributed by atoms with Crippen LogP contribution in [-0.4, -0.2) is 236 Å². The van der Waals surface area contributed by atoms with Crippen LogP contribution in [0.5, 0.6) is 11.5 Å². The normalized spacial score (nSPS) is 17.1. The highest BCUT2D eigenvalue weighted by atomic mass is 35.5. The number of fused-ring (bicyclic) bond motifs is 2. The molecule has 0 unspecified atom stereocenters. The van der Waals surface area contributed by atoms with Crippen molar-refractivity contribution in [2.24, 2.45) is 11.8 Å². The molecular formula is C85H117ClN8O17S2. The van der Waals surface area contributed by atoms with Crippen molar-refractivity contribution < 1.29 is 81.6 Å². The minimum Gasteiger partial charge on any atom is -0.491 e. The molecule has 4 aromatic carbocycles. The largest absolute Gasteiger partial charge is 0.491 e. The van der Waals surface area contributed by atoms with Gasteiger partial charge in [0, 0.05) is 93.5 Å². The number of ether oxygens (including phenoxy) is 9. The standard InChI is InChI=1S/C44H62N4O9S.C41H55ClN4O8S/c1-5-6-7-8-11-16-53-17-18-54-19-20-55-21-22-56-23-24-57-39-25-33(41-32(4)46-30-58-41)14-15-34(39)27-45-42(50)38-26-36(49)29-47(38)44(52)40(31(2)3)48-28-35-12-9-10-13-37(35)43(48)51;1-28(2)37(46-25-32-10-6-7-11-34(32)40(46)49)41(50)45-26-33(47)23-35(45)39(48)43-24-31-13-12-30(38-29(3)44-27-55-38)22-36(31)54-21-20-53-19-18-52-17-16-51-15-9-5-4-8-14-42/h9-10,12-15,25,30-31,36,38,40,49H,5-8,11,16-24,26-29H2,1-4H3,(H,45,50);6-7,10-13,22,27-28,33,35,37,47H,4-5,8-9,14-21,23-26H2,1-3H3,(H,43,48)/t36-,38+,40+;33-,35+,37+/m11/s1. The third kappa shape index (κ3) is 26.5. The quantitative estimate of drug-likeness (QED) is 0.0204. The fourth-order valence-corrected chi connectivity index (χ4v) is 16.2. The molecule has 0 aliphatic carbocycles. The number of nitrogens with zero attached hydrogens (tertiary/aromatic N) is 6. The zero-order chi connectivity index (χ0) is 80.4. The molecule has 10 rings (SSSR count). The van der Waals surface area contributed by atoms with Crippen LogP contribution in [0, 0.1) is 25.7 Å². The van der Waals surface area contributed by atoms with Gasteiger partial charge in [0.05, 0.1) is 124 Å². The molecule has 2 saturated heterocycles. The number of unbranched alkanes of at least 4 members (excludes halogenated alkanes) is 7. The molecule has 2 aromatic heterocycles. The monoisotopic (exact) mass is 1620 g/mol. The molecular weight excluding hydrogens is 1500 g/mol. The molecule has 28 heteroatoms. The fourth-order valence-electron chi connectivity index (χ4n) is 14.4. The molecule has 6 atom stereocenters. The first kappa shape index (κ1) is 89.4. The van der Waals surface area contributed by atoms with E-state index in [1.54, 1.807) is 55.6 Å². The lowest BCUT2D eigenvalue weighted by Crippen LogP contribution is -2.55. The number of benzene rings is 4. The van der Waals surface area contributed by atoms with Crippen LogP contribution < -0.4 is 20.1 Å². The summed E-state index contributed by atoms with van der Waals surface area (Å²) in [5.41, 5.74) is 11.7. The number of hydrogen-bond donors (Lipinski definition) is 4. The van der Waals surface area contributed by atoms with Gasteiger partial charge >= 0.3 is 0 Å². The summed E-state index contributed by atoms with van der Waals surface area (Å²) in [5, 5.41) is 27.4. The number of carbonyl (C=O) groups excluding carboxylic acids is 6. The molecule has 25 nitrogen and oxygen atoms in total. The fraction of sp³-hybridized carbons (Fsp3) is 0.576. The minimum atomic E-state index is -0.890. The number of aryl methyl sites for hydroxylation is 2. The minimum absolute atomic E-state index is 0.0139. The number of aromatic nitrogens is 2. The van der Waals surface area contributed by atoms with Crippen LogP contribution in [0.25, 0.3) is 20.9 Å². The summed E-state index contributed by atoms with van der Waals surface area (Å²) in [4.78, 5) is 99.5. The lowest BCUT2D eigenvalue weighted by molar-refractivity contribution is -0.143. The summed E-state index contributed by atoms with van der Waals surface area (Å²) in [6, 6.07) is 23.0. The second-order valence-corrected chi connectivity index (χ2v) is 31.6. The summed E-state index contributed by atoms with van der Waals surface area (Å²) in [5.74, 6) is -0.381. The van der Waals surface area contributed by atoms with E-state index in [1.807, 2.05) is 114 Å². The highest BCUT2D eigenvalue weighted by Gasteiger charge is 2.48. The van der Waals surface area contributed by atoms with E-state index in [2.05, 4.69) is 27.5 Å². The molecule has 4 aliphatic heterocycles. The molecule has 2 fully saturated rings. The number of halogens is 1. The molecule has 0 saturated carbocycles. The lowest BCUT2D eigenvalue weighted by Gasteiger charge is -2.35. The molecule has 0 bridgehead atoms. The van der Waals surface area contributed by atoms with Crippen LogP contribution in [0.15, 0.2) is 96.0 Å². The Morgan fingerprint density at radius 1 is 0.496 bits per heavy atom. The van der Waals surface area contributed by atoms with Crippen molar-refractivity contribution in [2.75, 3.05) is 125 Å². The molecule has 6 heterocycles. The zero-order valence-corrected chi connectivity index (χ0v) is 69.2. The Balaban J connectivity index is 0.000000259. The van der Waals surface area contributed by atoms with E-state index < -0.39 is 36.4 Å². The van der Waals surface area contributed by atoms with E-state index in [0.717, 1.165) is 99.8 Å². The van der Waals surface area contributed by atoms with E-state index in [9.17, 15) is 39.0 Å². The molecule has 0 spiro atoms. The maximum absolute atomic E-state index is 14.2. The van der Waals surface area contributed by atoms with Gasteiger partial charge in [0.1, 0.15) is 48.9 Å². The van der Waals surface area contributed by atoms with Gasteiger partial charge in [0.25, 0.3) is 11.8 Å². The number of β-amino-alcohol motifs (C(OH)–C–C–N with tert-alkyl or cyclic N) is 2. The van der Waals surface area contributed by atoms with Crippen LogP contribution in [0.3, 0.4) is 0 Å². The van der Waals surface area contributed by atoms with E-state index in [1.165, 1.54) is 35.5 Å². The number of carbonyl (C=O) groups is 6.